The fraction of sp³-hybridized carbons (Fsp3) is 0.0714. The number of aldehydes is 1. The van der Waals surface area contributed by atoms with E-state index in [1.807, 2.05) is 0 Å². The van der Waals surface area contributed by atoms with Crippen LogP contribution in [0.1, 0.15) is 20.7 Å². The van der Waals surface area contributed by atoms with Crippen LogP contribution in [0.2, 0.25) is 0 Å². The molecular formula is C14H9BrN2O3. The third-order valence-corrected chi connectivity index (χ3v) is 3.49. The Morgan fingerprint density at radius 2 is 2.20 bits per heavy atom. The van der Waals surface area contributed by atoms with Gasteiger partial charge in [0.25, 0.3) is 0 Å². The summed E-state index contributed by atoms with van der Waals surface area (Å²) in [6.45, 7) is 0. The molecule has 0 saturated heterocycles. The van der Waals surface area contributed by atoms with Gasteiger partial charge in [0.2, 0.25) is 0 Å². The van der Waals surface area contributed by atoms with Crippen LogP contribution in [0.5, 0.6) is 0 Å². The minimum absolute atomic E-state index is 0.397. The van der Waals surface area contributed by atoms with Crippen molar-refractivity contribution in [3.05, 3.63) is 40.0 Å². The number of pyridine rings is 1. The number of nitrogens with one attached hydrogen (secondary N) is 1. The molecule has 6 heteroatoms. The highest BCUT2D eigenvalue weighted by atomic mass is 79.9. The average molecular weight is 333 g/mol. The van der Waals surface area contributed by atoms with Crippen molar-refractivity contribution < 1.29 is 14.3 Å². The van der Waals surface area contributed by atoms with Gasteiger partial charge in [-0.1, -0.05) is 6.07 Å². The molecule has 3 aromatic rings. The Labute approximate surface area is 122 Å². The topological polar surface area (TPSA) is 72.0 Å². The van der Waals surface area contributed by atoms with Gasteiger partial charge in [0.15, 0.2) is 0 Å². The summed E-state index contributed by atoms with van der Waals surface area (Å²) < 4.78 is 5.32. The molecule has 100 valence electrons. The molecule has 2 heterocycles. The predicted octanol–water partition coefficient (Wildman–Crippen LogP) is 3.08. The smallest absolute Gasteiger partial charge is 0.340 e. The van der Waals surface area contributed by atoms with Gasteiger partial charge < -0.3 is 9.72 Å². The van der Waals surface area contributed by atoms with E-state index in [4.69, 9.17) is 4.74 Å². The van der Waals surface area contributed by atoms with E-state index in [1.54, 1.807) is 24.3 Å². The van der Waals surface area contributed by atoms with Crippen molar-refractivity contribution in [3.63, 3.8) is 0 Å². The van der Waals surface area contributed by atoms with Gasteiger partial charge in [0, 0.05) is 16.5 Å². The summed E-state index contributed by atoms with van der Waals surface area (Å²) in [4.78, 5) is 30.2. The maximum atomic E-state index is 11.8. The maximum Gasteiger partial charge on any atom is 0.340 e. The molecule has 0 aliphatic heterocycles. The van der Waals surface area contributed by atoms with E-state index in [1.165, 1.54) is 7.11 Å². The minimum atomic E-state index is -0.444. The molecule has 0 atom stereocenters. The predicted molar refractivity (Wildman–Crippen MR) is 78.0 cm³/mol. The van der Waals surface area contributed by atoms with Crippen LogP contribution in [0.4, 0.5) is 0 Å². The SMILES string of the molecule is COC(=O)c1cc(Br)nc2c1[nH]c1cc(C=O)ccc12. The van der Waals surface area contributed by atoms with E-state index >= 15 is 0 Å². The summed E-state index contributed by atoms with van der Waals surface area (Å²) in [7, 11) is 1.33. The Morgan fingerprint density at radius 3 is 2.90 bits per heavy atom. The number of carbonyl (C=O) groups is 2. The average Bonchev–Trinajstić information content (AvgIpc) is 2.83. The lowest BCUT2D eigenvalue weighted by atomic mass is 10.1. The lowest BCUT2D eigenvalue weighted by Gasteiger charge is -2.01. The molecule has 0 saturated carbocycles. The van der Waals surface area contributed by atoms with Crippen LogP contribution in [0, 0.1) is 0 Å². The third-order valence-electron chi connectivity index (χ3n) is 3.09. The molecule has 0 aliphatic carbocycles. The van der Waals surface area contributed by atoms with Crippen molar-refractivity contribution in [1.29, 1.82) is 0 Å². The number of aromatic amines is 1. The Balaban J connectivity index is 2.42. The molecule has 20 heavy (non-hydrogen) atoms. The van der Waals surface area contributed by atoms with Crippen LogP contribution in [0.25, 0.3) is 21.9 Å². The van der Waals surface area contributed by atoms with E-state index < -0.39 is 5.97 Å². The third kappa shape index (κ3) is 1.89. The van der Waals surface area contributed by atoms with Crippen LogP contribution >= 0.6 is 15.9 Å². The maximum absolute atomic E-state index is 11.8. The lowest BCUT2D eigenvalue weighted by molar-refractivity contribution is 0.0602. The first-order chi connectivity index (χ1) is 9.63. The first-order valence-corrected chi connectivity index (χ1v) is 6.59. The van der Waals surface area contributed by atoms with E-state index in [-0.39, 0.29) is 0 Å². The quantitative estimate of drug-likeness (QED) is 0.444. The van der Waals surface area contributed by atoms with Crippen LogP contribution in [0.3, 0.4) is 0 Å². The standard InChI is InChI=1S/C14H9BrN2O3/c1-20-14(19)9-5-11(15)17-12-8-3-2-7(6-18)4-10(8)16-13(9)12/h2-6,16H,1H3. The second kappa shape index (κ2) is 4.72. The molecule has 0 fully saturated rings. The Kier molecular flexibility index (Phi) is 3.02. The summed E-state index contributed by atoms with van der Waals surface area (Å²) in [6.07, 6.45) is 0.773. The van der Waals surface area contributed by atoms with Gasteiger partial charge in [-0.2, -0.15) is 0 Å². The zero-order valence-electron chi connectivity index (χ0n) is 10.4. The molecule has 0 unspecified atom stereocenters. The van der Waals surface area contributed by atoms with Crippen molar-refractivity contribution in [1.82, 2.24) is 9.97 Å². The van der Waals surface area contributed by atoms with Gasteiger partial charge in [0.05, 0.1) is 23.7 Å². The molecule has 1 aromatic carbocycles. The van der Waals surface area contributed by atoms with E-state index in [0.717, 1.165) is 17.2 Å². The highest BCUT2D eigenvalue weighted by molar-refractivity contribution is 9.10. The molecule has 3 rings (SSSR count). The van der Waals surface area contributed by atoms with Crippen LogP contribution < -0.4 is 0 Å². The minimum Gasteiger partial charge on any atom is -0.465 e. The number of aromatic nitrogens is 2. The van der Waals surface area contributed by atoms with Crippen molar-refractivity contribution >= 4 is 50.1 Å². The zero-order valence-corrected chi connectivity index (χ0v) is 12.0. The number of nitrogens with zero attached hydrogens (tertiary/aromatic N) is 1. The number of methoxy groups -OCH3 is 1. The molecule has 2 aromatic heterocycles. The highest BCUT2D eigenvalue weighted by Gasteiger charge is 2.16. The van der Waals surface area contributed by atoms with Gasteiger partial charge >= 0.3 is 5.97 Å². The molecule has 0 bridgehead atoms. The van der Waals surface area contributed by atoms with Gasteiger partial charge in [0.1, 0.15) is 10.9 Å². The first kappa shape index (κ1) is 12.8. The van der Waals surface area contributed by atoms with Gasteiger partial charge in [-0.15, -0.1) is 0 Å². The number of hydrogen-bond acceptors (Lipinski definition) is 4. The number of hydrogen-bond donors (Lipinski definition) is 1. The number of fused-ring (bicyclic) bond motifs is 3. The molecule has 0 spiro atoms. The van der Waals surface area contributed by atoms with Crippen LogP contribution in [0.15, 0.2) is 28.9 Å². The molecule has 5 nitrogen and oxygen atoms in total. The molecule has 0 amide bonds. The first-order valence-electron chi connectivity index (χ1n) is 5.79. The Hall–Kier alpha value is -2.21. The number of ether oxygens (including phenoxy) is 1. The monoisotopic (exact) mass is 332 g/mol. The number of benzene rings is 1. The van der Waals surface area contributed by atoms with E-state index in [0.29, 0.717) is 26.8 Å². The fourth-order valence-electron chi connectivity index (χ4n) is 2.19. The lowest BCUT2D eigenvalue weighted by Crippen LogP contribution is -2.02. The Bertz CT molecular complexity index is 854. The number of esters is 1. The Morgan fingerprint density at radius 1 is 1.40 bits per heavy atom. The summed E-state index contributed by atoms with van der Waals surface area (Å²) in [5, 5.41) is 0.844. The summed E-state index contributed by atoms with van der Waals surface area (Å²) in [5.74, 6) is -0.444. The van der Waals surface area contributed by atoms with E-state index in [2.05, 4.69) is 25.9 Å². The van der Waals surface area contributed by atoms with Crippen molar-refractivity contribution in [2.45, 2.75) is 0 Å². The fourth-order valence-corrected chi connectivity index (χ4v) is 2.59. The summed E-state index contributed by atoms with van der Waals surface area (Å²) >= 11 is 3.29. The number of rotatable bonds is 2. The highest BCUT2D eigenvalue weighted by Crippen LogP contribution is 2.29. The van der Waals surface area contributed by atoms with Crippen LogP contribution in [-0.4, -0.2) is 29.3 Å². The van der Waals surface area contributed by atoms with Gasteiger partial charge in [-0.05, 0) is 34.1 Å². The summed E-state index contributed by atoms with van der Waals surface area (Å²) in [6, 6.07) is 6.84. The normalized spacial score (nSPS) is 10.9. The second-order valence-electron chi connectivity index (χ2n) is 4.26. The molecule has 0 radical (unpaired) electrons. The van der Waals surface area contributed by atoms with Crippen LogP contribution in [-0.2, 0) is 4.74 Å². The second-order valence-corrected chi connectivity index (χ2v) is 5.07. The largest absolute Gasteiger partial charge is 0.465 e. The number of carbonyl (C=O) groups excluding carboxylic acids is 2. The molecule has 1 N–H and O–H groups in total. The number of H-pyrrole nitrogens is 1. The molecule has 0 aliphatic rings. The van der Waals surface area contributed by atoms with Crippen molar-refractivity contribution in [2.24, 2.45) is 0 Å². The van der Waals surface area contributed by atoms with Crippen molar-refractivity contribution in [3.8, 4) is 0 Å². The number of halogens is 1. The zero-order chi connectivity index (χ0) is 14.3. The van der Waals surface area contributed by atoms with Crippen molar-refractivity contribution in [2.75, 3.05) is 7.11 Å². The van der Waals surface area contributed by atoms with Gasteiger partial charge in [-0.3, -0.25) is 4.79 Å². The van der Waals surface area contributed by atoms with Gasteiger partial charge in [-0.25, -0.2) is 9.78 Å². The summed E-state index contributed by atoms with van der Waals surface area (Å²) in [5.41, 5.74) is 2.96. The molecular weight excluding hydrogens is 324 g/mol. The van der Waals surface area contributed by atoms with E-state index in [9.17, 15) is 9.59 Å².